The van der Waals surface area contributed by atoms with Crippen molar-refractivity contribution in [2.45, 2.75) is 25.9 Å². The van der Waals surface area contributed by atoms with Gasteiger partial charge in [0.05, 0.1) is 31.9 Å². The molecule has 1 N–H and O–H groups in total. The molecule has 27 heavy (non-hydrogen) atoms. The number of methoxy groups -OCH3 is 2. The number of ether oxygens (including phenoxy) is 2. The second-order valence-electron chi connectivity index (χ2n) is 6.55. The van der Waals surface area contributed by atoms with Crippen LogP contribution in [0.15, 0.2) is 36.4 Å². The van der Waals surface area contributed by atoms with Crippen LogP contribution < -0.4 is 14.8 Å². The van der Waals surface area contributed by atoms with E-state index >= 15 is 0 Å². The number of hydrogen-bond acceptors (Lipinski definition) is 5. The Morgan fingerprint density at radius 3 is 2.56 bits per heavy atom. The average molecular weight is 365 g/mol. The van der Waals surface area contributed by atoms with Crippen molar-refractivity contribution in [3.8, 4) is 17.6 Å². The molecule has 1 aliphatic heterocycles. The molecule has 1 aliphatic rings. The molecule has 3 rings (SSSR count). The molecule has 6 nitrogen and oxygen atoms in total. The molecule has 0 saturated carbocycles. The molecular formula is C21H23N3O3. The van der Waals surface area contributed by atoms with Gasteiger partial charge in [0.2, 0.25) is 5.91 Å². The third-order valence-corrected chi connectivity index (χ3v) is 4.93. The molecule has 0 aliphatic carbocycles. The predicted molar refractivity (Wildman–Crippen MR) is 103 cm³/mol. The number of carbonyl (C=O) groups excluding carboxylic acids is 1. The van der Waals surface area contributed by atoms with Crippen LogP contribution >= 0.6 is 0 Å². The van der Waals surface area contributed by atoms with Gasteiger partial charge in [-0.2, -0.15) is 5.26 Å². The van der Waals surface area contributed by atoms with Crippen molar-refractivity contribution < 1.29 is 14.3 Å². The summed E-state index contributed by atoms with van der Waals surface area (Å²) < 4.78 is 10.8. The first-order valence-corrected chi connectivity index (χ1v) is 8.84. The molecule has 0 fully saturated rings. The van der Waals surface area contributed by atoms with Gasteiger partial charge in [-0.3, -0.25) is 9.69 Å². The van der Waals surface area contributed by atoms with Crippen LogP contribution in [0.1, 0.15) is 23.6 Å². The van der Waals surface area contributed by atoms with Crippen LogP contribution in [0.5, 0.6) is 11.5 Å². The van der Waals surface area contributed by atoms with E-state index in [1.807, 2.05) is 19.1 Å². The fourth-order valence-corrected chi connectivity index (χ4v) is 3.31. The highest BCUT2D eigenvalue weighted by Gasteiger charge is 2.26. The maximum atomic E-state index is 12.7. The smallest absolute Gasteiger partial charge is 0.241 e. The fraction of sp³-hybridized carbons (Fsp3) is 0.333. The van der Waals surface area contributed by atoms with E-state index in [9.17, 15) is 4.79 Å². The van der Waals surface area contributed by atoms with Gasteiger partial charge in [0, 0.05) is 18.8 Å². The average Bonchev–Trinajstić information content (AvgIpc) is 2.71. The van der Waals surface area contributed by atoms with Crippen molar-refractivity contribution >= 4 is 11.6 Å². The summed E-state index contributed by atoms with van der Waals surface area (Å²) in [5.74, 6) is 1.34. The maximum Gasteiger partial charge on any atom is 0.241 e. The zero-order valence-electron chi connectivity index (χ0n) is 15.8. The monoisotopic (exact) mass is 365 g/mol. The van der Waals surface area contributed by atoms with Gasteiger partial charge in [-0.15, -0.1) is 0 Å². The van der Waals surface area contributed by atoms with Crippen LogP contribution in [0, 0.1) is 11.3 Å². The Morgan fingerprint density at radius 2 is 1.89 bits per heavy atom. The Morgan fingerprint density at radius 1 is 1.19 bits per heavy atom. The van der Waals surface area contributed by atoms with Gasteiger partial charge in [0.25, 0.3) is 0 Å². The molecule has 1 atom stereocenters. The highest BCUT2D eigenvalue weighted by molar-refractivity contribution is 5.94. The van der Waals surface area contributed by atoms with E-state index in [2.05, 4.69) is 16.3 Å². The van der Waals surface area contributed by atoms with Crippen molar-refractivity contribution in [1.82, 2.24) is 4.90 Å². The van der Waals surface area contributed by atoms with Crippen molar-refractivity contribution in [3.05, 3.63) is 53.1 Å². The first-order chi connectivity index (χ1) is 13.0. The summed E-state index contributed by atoms with van der Waals surface area (Å²) in [5.41, 5.74) is 3.52. The summed E-state index contributed by atoms with van der Waals surface area (Å²) >= 11 is 0. The molecule has 6 heteroatoms. The number of nitrogens with one attached hydrogen (secondary N) is 1. The summed E-state index contributed by atoms with van der Waals surface area (Å²) in [7, 11) is 3.25. The van der Waals surface area contributed by atoms with Crippen molar-refractivity contribution in [2.24, 2.45) is 0 Å². The Hall–Kier alpha value is -3.04. The van der Waals surface area contributed by atoms with E-state index in [0.717, 1.165) is 24.3 Å². The summed E-state index contributed by atoms with van der Waals surface area (Å²) in [5, 5.41) is 11.9. The van der Waals surface area contributed by atoms with Gasteiger partial charge < -0.3 is 14.8 Å². The van der Waals surface area contributed by atoms with E-state index in [1.165, 1.54) is 5.56 Å². The fourth-order valence-electron chi connectivity index (χ4n) is 3.31. The summed E-state index contributed by atoms with van der Waals surface area (Å²) in [4.78, 5) is 14.8. The van der Waals surface area contributed by atoms with E-state index in [0.29, 0.717) is 23.5 Å². The quantitative estimate of drug-likeness (QED) is 0.882. The van der Waals surface area contributed by atoms with E-state index in [1.54, 1.807) is 38.5 Å². The lowest BCUT2D eigenvalue weighted by atomic mass is 9.97. The number of carbonyl (C=O) groups is 1. The first-order valence-electron chi connectivity index (χ1n) is 8.84. The molecule has 0 saturated heterocycles. The van der Waals surface area contributed by atoms with Gasteiger partial charge in [-0.05, 0) is 54.8 Å². The van der Waals surface area contributed by atoms with Crippen molar-refractivity contribution in [3.63, 3.8) is 0 Å². The van der Waals surface area contributed by atoms with Crippen LogP contribution in [0.3, 0.4) is 0 Å². The van der Waals surface area contributed by atoms with Gasteiger partial charge in [-0.25, -0.2) is 0 Å². The minimum Gasteiger partial charge on any atom is -0.493 e. The minimum atomic E-state index is -0.294. The lowest BCUT2D eigenvalue weighted by molar-refractivity contribution is -0.121. The van der Waals surface area contributed by atoms with Crippen LogP contribution in [-0.2, 0) is 17.8 Å². The number of nitrogens with zero attached hydrogens (tertiary/aromatic N) is 2. The maximum absolute atomic E-state index is 12.7. The number of anilines is 1. The van der Waals surface area contributed by atoms with E-state index < -0.39 is 0 Å². The molecule has 2 aromatic rings. The van der Waals surface area contributed by atoms with E-state index in [4.69, 9.17) is 14.7 Å². The van der Waals surface area contributed by atoms with Gasteiger partial charge in [0.15, 0.2) is 11.5 Å². The second-order valence-corrected chi connectivity index (χ2v) is 6.55. The molecule has 0 spiro atoms. The Bertz CT molecular complexity index is 889. The van der Waals surface area contributed by atoms with Gasteiger partial charge in [-0.1, -0.05) is 6.07 Å². The topological polar surface area (TPSA) is 74.6 Å². The minimum absolute atomic E-state index is 0.0889. The number of hydrogen-bond donors (Lipinski definition) is 1. The number of amides is 1. The molecule has 2 aromatic carbocycles. The molecule has 1 unspecified atom stereocenters. The molecule has 0 radical (unpaired) electrons. The predicted octanol–water partition coefficient (Wildman–Crippen LogP) is 2.96. The number of nitriles is 1. The number of fused-ring (bicyclic) bond motifs is 1. The summed E-state index contributed by atoms with van der Waals surface area (Å²) in [6.07, 6.45) is 0.844. The molecule has 1 amide bonds. The molecule has 140 valence electrons. The van der Waals surface area contributed by atoms with Gasteiger partial charge in [0.1, 0.15) is 0 Å². The Balaban J connectivity index is 1.72. The second kappa shape index (κ2) is 8.11. The number of benzene rings is 2. The normalized spacial score (nSPS) is 14.6. The zero-order valence-corrected chi connectivity index (χ0v) is 15.8. The lowest BCUT2D eigenvalue weighted by Crippen LogP contribution is -2.44. The van der Waals surface area contributed by atoms with Crippen molar-refractivity contribution in [1.29, 1.82) is 5.26 Å². The van der Waals surface area contributed by atoms with Gasteiger partial charge >= 0.3 is 0 Å². The van der Waals surface area contributed by atoms with Crippen molar-refractivity contribution in [2.75, 3.05) is 26.1 Å². The van der Waals surface area contributed by atoms with Crippen LogP contribution in [0.4, 0.5) is 5.69 Å². The summed E-state index contributed by atoms with van der Waals surface area (Å²) in [6.45, 7) is 3.35. The zero-order chi connectivity index (χ0) is 19.4. The Kier molecular flexibility index (Phi) is 5.63. The largest absolute Gasteiger partial charge is 0.493 e. The highest BCUT2D eigenvalue weighted by Crippen LogP contribution is 2.33. The lowest BCUT2D eigenvalue weighted by Gasteiger charge is -2.33. The number of rotatable bonds is 5. The molecule has 0 bridgehead atoms. The van der Waals surface area contributed by atoms with Crippen LogP contribution in [0.25, 0.3) is 0 Å². The van der Waals surface area contributed by atoms with Crippen LogP contribution in [-0.4, -0.2) is 37.6 Å². The summed E-state index contributed by atoms with van der Waals surface area (Å²) in [6, 6.07) is 12.7. The SMILES string of the molecule is COc1cc2c(cc1OC)CN(C(C)C(=O)Nc1cccc(C#N)c1)CC2. The Labute approximate surface area is 159 Å². The third kappa shape index (κ3) is 4.04. The molecule has 1 heterocycles. The van der Waals surface area contributed by atoms with Crippen LogP contribution in [0.2, 0.25) is 0 Å². The third-order valence-electron chi connectivity index (χ3n) is 4.93. The van der Waals surface area contributed by atoms with E-state index in [-0.39, 0.29) is 11.9 Å². The first kappa shape index (κ1) is 18.7. The molecule has 0 aromatic heterocycles. The standard InChI is InChI=1S/C21H23N3O3/c1-14(21(25)23-18-6-4-5-15(9-18)12-22)24-8-7-16-10-19(26-2)20(27-3)11-17(16)13-24/h4-6,9-11,14H,7-8,13H2,1-3H3,(H,23,25). The molecular weight excluding hydrogens is 342 g/mol. The highest BCUT2D eigenvalue weighted by atomic mass is 16.5.